The minimum atomic E-state index is -4.13. The first kappa shape index (κ1) is 31.9. The number of rotatable bonds is 12. The SMILES string of the molecule is CC[C@@H](C(=O)NCC(C)C)N(Cc1ccc(Cl)c(Cl)c1)C(=O)CN(c1cccc(Br)c1)S(=O)(=O)c1ccccc1. The lowest BCUT2D eigenvalue weighted by molar-refractivity contribution is -0.140. The van der Waals surface area contributed by atoms with Gasteiger partial charge in [-0.3, -0.25) is 13.9 Å². The van der Waals surface area contributed by atoms with E-state index in [0.717, 1.165) is 4.31 Å². The topological polar surface area (TPSA) is 86.8 Å². The standard InChI is InChI=1S/C29H32BrCl2N3O4S/c1-4-27(29(37)33-17-20(2)3)34(18-21-13-14-25(31)26(32)15-21)28(36)19-35(23-10-8-9-22(30)16-23)40(38,39)24-11-6-5-7-12-24/h5-16,20,27H,4,17-19H2,1-3H3,(H,33,37)/t27-/m0/s1. The summed E-state index contributed by atoms with van der Waals surface area (Å²) in [6.45, 7) is 5.70. The van der Waals surface area contributed by atoms with Crippen LogP contribution in [0.15, 0.2) is 82.2 Å². The maximum Gasteiger partial charge on any atom is 0.264 e. The molecular weight excluding hydrogens is 637 g/mol. The van der Waals surface area contributed by atoms with Crippen molar-refractivity contribution in [2.45, 2.75) is 44.7 Å². The van der Waals surface area contributed by atoms with Gasteiger partial charge in [-0.05, 0) is 60.4 Å². The highest BCUT2D eigenvalue weighted by Crippen LogP contribution is 2.28. The molecule has 0 bridgehead atoms. The molecule has 3 rings (SSSR count). The molecule has 0 unspecified atom stereocenters. The molecule has 214 valence electrons. The molecule has 11 heteroatoms. The molecule has 3 aromatic rings. The number of benzene rings is 3. The molecule has 0 heterocycles. The zero-order chi connectivity index (χ0) is 29.4. The summed E-state index contributed by atoms with van der Waals surface area (Å²) in [4.78, 5) is 28.8. The van der Waals surface area contributed by atoms with E-state index >= 15 is 0 Å². The fraction of sp³-hybridized carbons (Fsp3) is 0.310. The van der Waals surface area contributed by atoms with E-state index in [1.807, 2.05) is 20.8 Å². The Bertz CT molecular complexity index is 1440. The molecule has 0 saturated carbocycles. The third-order valence-corrected chi connectivity index (χ3v) is 9.13. The van der Waals surface area contributed by atoms with Crippen LogP contribution in [-0.2, 0) is 26.2 Å². The lowest BCUT2D eigenvalue weighted by atomic mass is 10.1. The Balaban J connectivity index is 2.05. The number of nitrogens with one attached hydrogen (secondary N) is 1. The van der Waals surface area contributed by atoms with E-state index in [0.29, 0.717) is 38.7 Å². The summed E-state index contributed by atoms with van der Waals surface area (Å²) in [6.07, 6.45) is 0.319. The van der Waals surface area contributed by atoms with Gasteiger partial charge in [0.15, 0.2) is 0 Å². The van der Waals surface area contributed by atoms with Gasteiger partial charge < -0.3 is 10.2 Å². The third-order valence-electron chi connectivity index (χ3n) is 6.11. The minimum absolute atomic E-state index is 0.0288. The van der Waals surface area contributed by atoms with E-state index in [2.05, 4.69) is 21.2 Å². The van der Waals surface area contributed by atoms with Crippen molar-refractivity contribution in [2.75, 3.05) is 17.4 Å². The van der Waals surface area contributed by atoms with E-state index in [4.69, 9.17) is 23.2 Å². The zero-order valence-electron chi connectivity index (χ0n) is 22.5. The van der Waals surface area contributed by atoms with Gasteiger partial charge in [-0.15, -0.1) is 0 Å². The summed E-state index contributed by atoms with van der Waals surface area (Å²) >= 11 is 15.7. The van der Waals surface area contributed by atoms with Crippen molar-refractivity contribution in [3.8, 4) is 0 Å². The van der Waals surface area contributed by atoms with Gasteiger partial charge in [-0.1, -0.05) is 90.2 Å². The highest BCUT2D eigenvalue weighted by molar-refractivity contribution is 9.10. The number of carbonyl (C=O) groups excluding carboxylic acids is 2. The highest BCUT2D eigenvalue weighted by atomic mass is 79.9. The van der Waals surface area contributed by atoms with Gasteiger partial charge in [0.1, 0.15) is 12.6 Å². The van der Waals surface area contributed by atoms with Crippen LogP contribution in [0, 0.1) is 5.92 Å². The molecule has 0 aliphatic carbocycles. The summed E-state index contributed by atoms with van der Waals surface area (Å²) < 4.78 is 29.4. The van der Waals surface area contributed by atoms with Crippen LogP contribution in [-0.4, -0.2) is 44.3 Å². The molecule has 40 heavy (non-hydrogen) atoms. The number of carbonyl (C=O) groups is 2. The summed E-state index contributed by atoms with van der Waals surface area (Å²) in [5, 5.41) is 3.58. The predicted octanol–water partition coefficient (Wildman–Crippen LogP) is 6.53. The molecule has 3 aromatic carbocycles. The molecule has 7 nitrogen and oxygen atoms in total. The van der Waals surface area contributed by atoms with Gasteiger partial charge in [-0.2, -0.15) is 0 Å². The van der Waals surface area contributed by atoms with Crippen molar-refractivity contribution in [3.63, 3.8) is 0 Å². The Labute approximate surface area is 254 Å². The maximum absolute atomic E-state index is 14.1. The zero-order valence-corrected chi connectivity index (χ0v) is 26.4. The largest absolute Gasteiger partial charge is 0.354 e. The Morgan fingerprint density at radius 3 is 2.25 bits per heavy atom. The number of halogens is 3. The number of sulfonamides is 1. The molecule has 0 fully saturated rings. The molecule has 2 amide bonds. The summed E-state index contributed by atoms with van der Waals surface area (Å²) in [7, 11) is -4.13. The fourth-order valence-corrected chi connectivity index (χ4v) is 6.19. The van der Waals surface area contributed by atoms with Crippen molar-refractivity contribution in [2.24, 2.45) is 5.92 Å². The number of nitrogens with zero attached hydrogens (tertiary/aromatic N) is 2. The van der Waals surface area contributed by atoms with Crippen molar-refractivity contribution in [3.05, 3.63) is 92.9 Å². The number of hydrogen-bond acceptors (Lipinski definition) is 4. The normalized spacial score (nSPS) is 12.2. The molecule has 0 aromatic heterocycles. The molecular formula is C29H32BrCl2N3O4S. The lowest BCUT2D eigenvalue weighted by Crippen LogP contribution is -2.52. The van der Waals surface area contributed by atoms with E-state index in [1.165, 1.54) is 17.0 Å². The fourth-order valence-electron chi connectivity index (χ4n) is 4.06. The van der Waals surface area contributed by atoms with Crippen LogP contribution >= 0.6 is 39.1 Å². The Morgan fingerprint density at radius 1 is 0.950 bits per heavy atom. The smallest absolute Gasteiger partial charge is 0.264 e. The van der Waals surface area contributed by atoms with Crippen LogP contribution in [0.1, 0.15) is 32.8 Å². The lowest BCUT2D eigenvalue weighted by Gasteiger charge is -2.33. The predicted molar refractivity (Wildman–Crippen MR) is 164 cm³/mol. The van der Waals surface area contributed by atoms with Crippen molar-refractivity contribution in [1.29, 1.82) is 0 Å². The molecule has 0 aliphatic rings. The number of hydrogen-bond donors (Lipinski definition) is 1. The van der Waals surface area contributed by atoms with Gasteiger partial charge in [0.25, 0.3) is 10.0 Å². The summed E-state index contributed by atoms with van der Waals surface area (Å²) in [6, 6.07) is 18.8. The maximum atomic E-state index is 14.1. The second kappa shape index (κ2) is 14.3. The second-order valence-electron chi connectivity index (χ2n) is 9.64. The highest BCUT2D eigenvalue weighted by Gasteiger charge is 2.33. The number of anilines is 1. The van der Waals surface area contributed by atoms with Gasteiger partial charge >= 0.3 is 0 Å². The molecule has 0 radical (unpaired) electrons. The first-order valence-electron chi connectivity index (χ1n) is 12.8. The molecule has 1 N–H and O–H groups in total. The molecule has 0 saturated heterocycles. The van der Waals surface area contributed by atoms with Crippen molar-refractivity contribution in [1.82, 2.24) is 10.2 Å². The van der Waals surface area contributed by atoms with Crippen LogP contribution in [0.4, 0.5) is 5.69 Å². The second-order valence-corrected chi connectivity index (χ2v) is 13.2. The van der Waals surface area contributed by atoms with Crippen LogP contribution in [0.2, 0.25) is 10.0 Å². The van der Waals surface area contributed by atoms with E-state index in [9.17, 15) is 18.0 Å². The van der Waals surface area contributed by atoms with E-state index in [-0.39, 0.29) is 23.3 Å². The minimum Gasteiger partial charge on any atom is -0.354 e. The quantitative estimate of drug-likeness (QED) is 0.238. The van der Waals surface area contributed by atoms with Crippen LogP contribution in [0.25, 0.3) is 0 Å². The van der Waals surface area contributed by atoms with Gasteiger partial charge in [0, 0.05) is 17.6 Å². The average molecular weight is 669 g/mol. The van der Waals surface area contributed by atoms with Crippen LogP contribution in [0.3, 0.4) is 0 Å². The number of amides is 2. The van der Waals surface area contributed by atoms with Crippen molar-refractivity contribution >= 4 is 66.7 Å². The molecule has 1 atom stereocenters. The Morgan fingerprint density at radius 2 is 1.65 bits per heavy atom. The first-order valence-corrected chi connectivity index (χ1v) is 15.8. The van der Waals surface area contributed by atoms with Crippen molar-refractivity contribution < 1.29 is 18.0 Å². The van der Waals surface area contributed by atoms with E-state index < -0.39 is 28.5 Å². The van der Waals surface area contributed by atoms with Gasteiger partial charge in [-0.25, -0.2) is 8.42 Å². The third kappa shape index (κ3) is 8.22. The summed E-state index contributed by atoms with van der Waals surface area (Å²) in [5.74, 6) is -0.648. The monoisotopic (exact) mass is 667 g/mol. The first-order chi connectivity index (χ1) is 18.9. The Hall–Kier alpha value is -2.59. The average Bonchev–Trinajstić information content (AvgIpc) is 2.92. The van der Waals surface area contributed by atoms with Crippen LogP contribution in [0.5, 0.6) is 0 Å². The van der Waals surface area contributed by atoms with E-state index in [1.54, 1.807) is 60.7 Å². The Kier molecular flexibility index (Phi) is 11.5. The van der Waals surface area contributed by atoms with Crippen LogP contribution < -0.4 is 9.62 Å². The van der Waals surface area contributed by atoms with Gasteiger partial charge in [0.2, 0.25) is 11.8 Å². The van der Waals surface area contributed by atoms with Gasteiger partial charge in [0.05, 0.1) is 20.6 Å². The molecule has 0 aliphatic heterocycles. The summed E-state index contributed by atoms with van der Waals surface area (Å²) in [5.41, 5.74) is 0.955. The molecule has 0 spiro atoms.